The number of ether oxygens (including phenoxy) is 2. The minimum atomic E-state index is -5.09. The van der Waals surface area contributed by atoms with Crippen molar-refractivity contribution in [3.63, 3.8) is 0 Å². The van der Waals surface area contributed by atoms with Crippen LogP contribution in [-0.4, -0.2) is 96.5 Å². The Hall–Kier alpha value is -2.61. The van der Waals surface area contributed by atoms with Gasteiger partial charge in [0, 0.05) is 45.0 Å². The zero-order chi connectivity index (χ0) is 31.5. The number of aromatic nitrogens is 1. The van der Waals surface area contributed by atoms with Crippen LogP contribution in [0.3, 0.4) is 0 Å². The molecule has 0 aromatic carbocycles. The number of nitrogens with zero attached hydrogens (tertiary/aromatic N) is 4. The molecule has 43 heavy (non-hydrogen) atoms. The van der Waals surface area contributed by atoms with Crippen molar-refractivity contribution < 1.29 is 45.4 Å². The standard InChI is InChI=1S/C29H38F6N4O4/c1-16(2)27(8-5-19(12-27)39(26(41)29(33,34)35)20-7-10-43-15-23(20)42-4)25(40)38-14-21-17(3)22(38)13-37(21)24-11-18(6-9-36-24)28(30,31)32/h6,9,11,16-17,19-23H,5,7-8,10,12-15H2,1-4H3/t17?,19-,20+,21-,22-,23-,27+/m1/s1. The van der Waals surface area contributed by atoms with Crippen LogP contribution in [0.15, 0.2) is 18.3 Å². The van der Waals surface area contributed by atoms with E-state index in [0.29, 0.717) is 13.0 Å². The van der Waals surface area contributed by atoms with Crippen LogP contribution in [0.5, 0.6) is 0 Å². The number of pyridine rings is 1. The first-order valence-corrected chi connectivity index (χ1v) is 14.7. The smallest absolute Gasteiger partial charge is 0.379 e. The molecular weight excluding hydrogens is 582 g/mol. The average Bonchev–Trinajstić information content (AvgIpc) is 3.63. The number of alkyl halides is 6. The Balaban J connectivity index is 1.38. The van der Waals surface area contributed by atoms with Crippen LogP contribution in [0.25, 0.3) is 0 Å². The molecule has 1 aromatic rings. The summed E-state index contributed by atoms with van der Waals surface area (Å²) in [4.78, 5) is 35.9. The molecule has 1 unspecified atom stereocenters. The molecule has 2 amide bonds. The van der Waals surface area contributed by atoms with Gasteiger partial charge in [-0.1, -0.05) is 20.8 Å². The molecule has 1 aliphatic carbocycles. The van der Waals surface area contributed by atoms with E-state index < -0.39 is 47.4 Å². The molecule has 4 heterocycles. The van der Waals surface area contributed by atoms with Crippen LogP contribution in [0, 0.1) is 17.3 Å². The predicted octanol–water partition coefficient (Wildman–Crippen LogP) is 4.53. The minimum absolute atomic E-state index is 0.0466. The lowest BCUT2D eigenvalue weighted by Gasteiger charge is -2.44. The maximum atomic E-state index is 14.4. The lowest BCUT2D eigenvalue weighted by atomic mass is 9.74. The third kappa shape index (κ3) is 5.57. The molecule has 2 bridgehead atoms. The number of piperazine rings is 1. The number of anilines is 1. The molecule has 8 nitrogen and oxygen atoms in total. The van der Waals surface area contributed by atoms with Crippen molar-refractivity contribution in [2.45, 2.75) is 89.1 Å². The molecule has 0 spiro atoms. The number of halogens is 6. The molecule has 0 radical (unpaired) electrons. The SMILES string of the molecule is CO[C@@H]1COCC[C@@H]1N(C(=O)C(F)(F)F)[C@@H]1CC[C@@](C(=O)N2C[C@@H]3C(C)[C@H]2CN3c2cc(C(F)(F)F)ccn2)(C(C)C)C1. The molecule has 5 rings (SSSR count). The summed E-state index contributed by atoms with van der Waals surface area (Å²) in [5.74, 6) is -2.18. The molecule has 240 valence electrons. The Morgan fingerprint density at radius 2 is 1.86 bits per heavy atom. The second kappa shape index (κ2) is 11.4. The second-order valence-electron chi connectivity index (χ2n) is 12.6. The zero-order valence-electron chi connectivity index (χ0n) is 24.6. The van der Waals surface area contributed by atoms with Gasteiger partial charge in [0.05, 0.1) is 35.7 Å². The lowest BCUT2D eigenvalue weighted by molar-refractivity contribution is -0.197. The molecule has 7 atom stereocenters. The van der Waals surface area contributed by atoms with E-state index in [9.17, 15) is 35.9 Å². The molecule has 3 aliphatic heterocycles. The second-order valence-corrected chi connectivity index (χ2v) is 12.6. The summed E-state index contributed by atoms with van der Waals surface area (Å²) in [6.07, 6.45) is -8.38. The quantitative estimate of drug-likeness (QED) is 0.436. The number of methoxy groups -OCH3 is 1. The fourth-order valence-electron chi connectivity index (χ4n) is 7.79. The first-order valence-electron chi connectivity index (χ1n) is 14.7. The Bertz CT molecular complexity index is 1210. The van der Waals surface area contributed by atoms with Crippen molar-refractivity contribution >= 4 is 17.6 Å². The Labute approximate surface area is 246 Å². The van der Waals surface area contributed by atoms with Crippen LogP contribution in [0.1, 0.15) is 52.0 Å². The highest BCUT2D eigenvalue weighted by Gasteiger charge is 2.59. The van der Waals surface area contributed by atoms with Crippen molar-refractivity contribution in [1.29, 1.82) is 0 Å². The van der Waals surface area contributed by atoms with Gasteiger partial charge in [-0.05, 0) is 43.7 Å². The van der Waals surface area contributed by atoms with E-state index in [2.05, 4.69) is 4.98 Å². The fourth-order valence-corrected chi connectivity index (χ4v) is 7.79. The maximum Gasteiger partial charge on any atom is 0.471 e. The number of rotatable bonds is 6. The van der Waals surface area contributed by atoms with Gasteiger partial charge in [-0.3, -0.25) is 9.59 Å². The first kappa shape index (κ1) is 31.8. The van der Waals surface area contributed by atoms with E-state index in [0.717, 1.165) is 23.2 Å². The van der Waals surface area contributed by atoms with Crippen LogP contribution in [0.2, 0.25) is 0 Å². The number of amides is 2. The number of fused-ring (bicyclic) bond motifs is 2. The molecule has 4 fully saturated rings. The van der Waals surface area contributed by atoms with Crippen molar-refractivity contribution in [3.8, 4) is 0 Å². The van der Waals surface area contributed by atoms with E-state index >= 15 is 0 Å². The van der Waals surface area contributed by atoms with Crippen molar-refractivity contribution in [2.24, 2.45) is 17.3 Å². The van der Waals surface area contributed by atoms with Crippen LogP contribution < -0.4 is 4.90 Å². The molecule has 4 aliphatic rings. The van der Waals surface area contributed by atoms with Crippen LogP contribution >= 0.6 is 0 Å². The molecule has 3 saturated heterocycles. The van der Waals surface area contributed by atoms with Gasteiger partial charge in [0.2, 0.25) is 5.91 Å². The van der Waals surface area contributed by atoms with Gasteiger partial charge in [-0.2, -0.15) is 26.3 Å². The van der Waals surface area contributed by atoms with E-state index in [-0.39, 0.29) is 74.7 Å². The van der Waals surface area contributed by atoms with Crippen molar-refractivity contribution in [3.05, 3.63) is 23.9 Å². The van der Waals surface area contributed by atoms with Gasteiger partial charge >= 0.3 is 18.3 Å². The molecule has 0 N–H and O–H groups in total. The summed E-state index contributed by atoms with van der Waals surface area (Å²) in [5, 5.41) is 0. The first-order chi connectivity index (χ1) is 20.1. The number of carbonyl (C=O) groups is 2. The minimum Gasteiger partial charge on any atom is -0.379 e. The van der Waals surface area contributed by atoms with Gasteiger partial charge in [0.15, 0.2) is 0 Å². The highest BCUT2D eigenvalue weighted by Crippen LogP contribution is 2.51. The largest absolute Gasteiger partial charge is 0.471 e. The van der Waals surface area contributed by atoms with Crippen molar-refractivity contribution in [1.82, 2.24) is 14.8 Å². The van der Waals surface area contributed by atoms with Crippen LogP contribution in [0.4, 0.5) is 32.2 Å². The number of hydrogen-bond acceptors (Lipinski definition) is 6. The number of hydrogen-bond donors (Lipinski definition) is 0. The topological polar surface area (TPSA) is 75.2 Å². The Kier molecular flexibility index (Phi) is 8.42. The summed E-state index contributed by atoms with van der Waals surface area (Å²) in [6, 6.07) is -0.255. The molecule has 14 heteroatoms. The highest BCUT2D eigenvalue weighted by molar-refractivity contribution is 5.86. The summed E-state index contributed by atoms with van der Waals surface area (Å²) in [6.45, 7) is 6.54. The number of carbonyl (C=O) groups excluding carboxylic acids is 2. The summed E-state index contributed by atoms with van der Waals surface area (Å²) in [7, 11) is 1.38. The monoisotopic (exact) mass is 620 g/mol. The maximum absolute atomic E-state index is 14.4. The van der Waals surface area contributed by atoms with Crippen LogP contribution in [-0.2, 0) is 25.2 Å². The van der Waals surface area contributed by atoms with E-state index in [4.69, 9.17) is 9.47 Å². The Morgan fingerprint density at radius 3 is 2.44 bits per heavy atom. The predicted molar refractivity (Wildman–Crippen MR) is 143 cm³/mol. The van der Waals surface area contributed by atoms with Gasteiger partial charge < -0.3 is 24.2 Å². The molecule has 1 saturated carbocycles. The zero-order valence-corrected chi connectivity index (χ0v) is 24.6. The summed E-state index contributed by atoms with van der Waals surface area (Å²) in [5.41, 5.74) is -1.79. The number of likely N-dealkylation sites (tertiary alicyclic amines) is 1. The molecular formula is C29H38F6N4O4. The van der Waals surface area contributed by atoms with E-state index in [1.807, 2.05) is 25.7 Å². The molecule has 1 aromatic heterocycles. The third-order valence-corrected chi connectivity index (χ3v) is 10.3. The summed E-state index contributed by atoms with van der Waals surface area (Å²) < 4.78 is 92.5. The summed E-state index contributed by atoms with van der Waals surface area (Å²) >= 11 is 0. The van der Waals surface area contributed by atoms with E-state index in [1.54, 1.807) is 4.90 Å². The van der Waals surface area contributed by atoms with Crippen molar-refractivity contribution in [2.75, 3.05) is 38.3 Å². The highest BCUT2D eigenvalue weighted by atomic mass is 19.4. The lowest BCUT2D eigenvalue weighted by Crippen LogP contribution is -2.59. The van der Waals surface area contributed by atoms with Gasteiger partial charge in [0.1, 0.15) is 11.9 Å². The Morgan fingerprint density at radius 1 is 1.14 bits per heavy atom. The van der Waals surface area contributed by atoms with E-state index in [1.165, 1.54) is 7.11 Å². The van der Waals surface area contributed by atoms with Gasteiger partial charge in [-0.25, -0.2) is 4.98 Å². The third-order valence-electron chi connectivity index (χ3n) is 10.3. The normalized spacial score (nSPS) is 33.0. The average molecular weight is 621 g/mol. The van der Waals surface area contributed by atoms with Gasteiger partial charge in [0.25, 0.3) is 0 Å². The van der Waals surface area contributed by atoms with Gasteiger partial charge in [-0.15, -0.1) is 0 Å². The fraction of sp³-hybridized carbons (Fsp3) is 0.759.